The zero-order valence-corrected chi connectivity index (χ0v) is 8.09. The summed E-state index contributed by atoms with van der Waals surface area (Å²) in [5.74, 6) is 0.0430. The first-order valence-corrected chi connectivity index (χ1v) is 4.84. The molecule has 0 fully saturated rings. The molecule has 0 aliphatic carbocycles. The van der Waals surface area contributed by atoms with Gasteiger partial charge in [0.15, 0.2) is 0 Å². The molecule has 0 spiro atoms. The number of rotatable bonds is 2. The summed E-state index contributed by atoms with van der Waals surface area (Å²) >= 11 is 1.24. The van der Waals surface area contributed by atoms with Crippen molar-refractivity contribution in [1.29, 1.82) is 0 Å². The highest BCUT2D eigenvalue weighted by atomic mass is 32.1. The van der Waals surface area contributed by atoms with Crippen molar-refractivity contribution in [1.82, 2.24) is 9.36 Å². The highest BCUT2D eigenvalue weighted by Gasteiger charge is 2.02. The number of halogens is 1. The summed E-state index contributed by atoms with van der Waals surface area (Å²) in [5, 5.41) is 0.799. The van der Waals surface area contributed by atoms with E-state index in [2.05, 4.69) is 9.36 Å². The van der Waals surface area contributed by atoms with Crippen molar-refractivity contribution < 1.29 is 4.39 Å². The third-order valence-corrected chi connectivity index (χ3v) is 2.45. The Balaban J connectivity index is 2.18. The molecule has 0 bridgehead atoms. The van der Waals surface area contributed by atoms with Crippen LogP contribution < -0.4 is 5.73 Å². The lowest BCUT2D eigenvalue weighted by molar-refractivity contribution is 0.626. The molecule has 0 saturated carbocycles. The quantitative estimate of drug-likeness (QED) is 0.821. The molecule has 0 unspecified atom stereocenters. The van der Waals surface area contributed by atoms with Gasteiger partial charge in [0.05, 0.1) is 0 Å². The van der Waals surface area contributed by atoms with Crippen molar-refractivity contribution >= 4 is 17.5 Å². The maximum atomic E-state index is 12.8. The van der Waals surface area contributed by atoms with Gasteiger partial charge in [0.2, 0.25) is 5.95 Å². The second-order valence-corrected chi connectivity index (χ2v) is 3.69. The van der Waals surface area contributed by atoms with Crippen molar-refractivity contribution in [2.45, 2.75) is 6.42 Å². The largest absolute Gasteiger partial charge is 0.367 e. The Hall–Kier alpha value is -1.49. The molecule has 2 rings (SSSR count). The number of nitrogens with zero attached hydrogens (tertiary/aromatic N) is 2. The molecule has 0 aliphatic rings. The predicted molar refractivity (Wildman–Crippen MR) is 53.5 cm³/mol. The monoisotopic (exact) mass is 209 g/mol. The summed E-state index contributed by atoms with van der Waals surface area (Å²) in [6.45, 7) is 0. The number of hydrogen-bond donors (Lipinski definition) is 1. The van der Waals surface area contributed by atoms with Crippen LogP contribution in [0.15, 0.2) is 24.3 Å². The van der Waals surface area contributed by atoms with E-state index >= 15 is 0 Å². The topological polar surface area (TPSA) is 51.8 Å². The summed E-state index contributed by atoms with van der Waals surface area (Å²) < 4.78 is 16.7. The van der Waals surface area contributed by atoms with E-state index in [9.17, 15) is 4.39 Å². The van der Waals surface area contributed by atoms with Crippen LogP contribution in [0.25, 0.3) is 0 Å². The second-order valence-electron chi connectivity index (χ2n) is 2.85. The molecule has 0 atom stereocenters. The normalized spacial score (nSPS) is 10.4. The van der Waals surface area contributed by atoms with Gasteiger partial charge >= 0.3 is 0 Å². The number of benzene rings is 1. The van der Waals surface area contributed by atoms with E-state index in [4.69, 9.17) is 5.73 Å². The van der Waals surface area contributed by atoms with E-state index in [1.54, 1.807) is 6.07 Å². The minimum absolute atomic E-state index is 0.236. The summed E-state index contributed by atoms with van der Waals surface area (Å²) in [7, 11) is 0. The van der Waals surface area contributed by atoms with Crippen LogP contribution in [0, 0.1) is 5.82 Å². The molecule has 1 aromatic carbocycles. The van der Waals surface area contributed by atoms with E-state index in [-0.39, 0.29) is 11.8 Å². The SMILES string of the molecule is Nc1nsc(Cc2cccc(F)c2)n1. The van der Waals surface area contributed by atoms with Gasteiger partial charge in [-0.05, 0) is 29.2 Å². The molecule has 0 saturated heterocycles. The maximum Gasteiger partial charge on any atom is 0.232 e. The van der Waals surface area contributed by atoms with Crippen molar-refractivity contribution in [3.8, 4) is 0 Å². The Morgan fingerprint density at radius 1 is 1.43 bits per heavy atom. The van der Waals surface area contributed by atoms with Crippen LogP contribution in [0.2, 0.25) is 0 Å². The molecular weight excluding hydrogens is 201 g/mol. The van der Waals surface area contributed by atoms with Gasteiger partial charge in [-0.15, -0.1) is 0 Å². The molecule has 14 heavy (non-hydrogen) atoms. The standard InChI is InChI=1S/C9H8FN3S/c10-7-3-1-2-6(4-7)5-8-12-9(11)13-14-8/h1-4H,5H2,(H2,11,13). The van der Waals surface area contributed by atoms with Gasteiger partial charge in [0, 0.05) is 6.42 Å². The van der Waals surface area contributed by atoms with Crippen LogP contribution in [0.3, 0.4) is 0 Å². The highest BCUT2D eigenvalue weighted by molar-refractivity contribution is 7.05. The fraction of sp³-hybridized carbons (Fsp3) is 0.111. The minimum atomic E-state index is -0.236. The Kier molecular flexibility index (Phi) is 2.41. The zero-order valence-electron chi connectivity index (χ0n) is 7.27. The molecule has 2 N–H and O–H groups in total. The zero-order chi connectivity index (χ0) is 9.97. The van der Waals surface area contributed by atoms with Gasteiger partial charge < -0.3 is 5.73 Å². The molecule has 1 aromatic heterocycles. The van der Waals surface area contributed by atoms with Crippen LogP contribution in [-0.2, 0) is 6.42 Å². The second kappa shape index (κ2) is 3.71. The van der Waals surface area contributed by atoms with Gasteiger partial charge in [-0.2, -0.15) is 4.37 Å². The van der Waals surface area contributed by atoms with Crippen LogP contribution in [0.1, 0.15) is 10.6 Å². The molecular formula is C9H8FN3S. The van der Waals surface area contributed by atoms with Crippen molar-refractivity contribution in [2.75, 3.05) is 5.73 Å². The van der Waals surface area contributed by atoms with E-state index in [0.29, 0.717) is 6.42 Å². The van der Waals surface area contributed by atoms with Gasteiger partial charge in [0.25, 0.3) is 0 Å². The molecule has 72 valence electrons. The predicted octanol–water partition coefficient (Wildman–Crippen LogP) is 1.85. The lowest BCUT2D eigenvalue weighted by Gasteiger charge is -1.96. The van der Waals surface area contributed by atoms with Gasteiger partial charge in [-0.3, -0.25) is 0 Å². The van der Waals surface area contributed by atoms with Crippen molar-refractivity contribution in [2.24, 2.45) is 0 Å². The molecule has 3 nitrogen and oxygen atoms in total. The molecule has 5 heteroatoms. The van der Waals surface area contributed by atoms with E-state index in [1.807, 2.05) is 6.07 Å². The van der Waals surface area contributed by atoms with Gasteiger partial charge in [-0.25, -0.2) is 9.37 Å². The molecule has 0 aliphatic heterocycles. The third-order valence-electron chi connectivity index (χ3n) is 1.73. The molecule has 0 amide bonds. The molecule has 2 aromatic rings. The Morgan fingerprint density at radius 2 is 2.29 bits per heavy atom. The molecule has 1 heterocycles. The van der Waals surface area contributed by atoms with E-state index < -0.39 is 0 Å². The lowest BCUT2D eigenvalue weighted by Crippen LogP contribution is -1.90. The summed E-state index contributed by atoms with van der Waals surface area (Å²) in [6, 6.07) is 6.42. The van der Waals surface area contributed by atoms with Gasteiger partial charge in [0.1, 0.15) is 10.8 Å². The number of anilines is 1. The first-order chi connectivity index (χ1) is 6.74. The summed E-state index contributed by atoms with van der Waals surface area (Å²) in [5.41, 5.74) is 6.25. The first-order valence-electron chi connectivity index (χ1n) is 4.06. The smallest absolute Gasteiger partial charge is 0.232 e. The van der Waals surface area contributed by atoms with Crippen molar-refractivity contribution in [3.05, 3.63) is 40.7 Å². The Morgan fingerprint density at radius 3 is 2.93 bits per heavy atom. The number of nitrogens with two attached hydrogens (primary N) is 1. The maximum absolute atomic E-state index is 12.8. The fourth-order valence-electron chi connectivity index (χ4n) is 1.16. The Labute approximate surface area is 84.6 Å². The fourth-order valence-corrected chi connectivity index (χ4v) is 1.77. The first kappa shape index (κ1) is 9.08. The van der Waals surface area contributed by atoms with Gasteiger partial charge in [-0.1, -0.05) is 12.1 Å². The minimum Gasteiger partial charge on any atom is -0.367 e. The molecule has 0 radical (unpaired) electrons. The van der Waals surface area contributed by atoms with E-state index in [1.165, 1.54) is 23.7 Å². The van der Waals surface area contributed by atoms with Crippen LogP contribution in [-0.4, -0.2) is 9.36 Å². The van der Waals surface area contributed by atoms with Crippen molar-refractivity contribution in [3.63, 3.8) is 0 Å². The summed E-state index contributed by atoms with van der Waals surface area (Å²) in [4.78, 5) is 4.00. The number of aromatic nitrogens is 2. The Bertz CT molecular complexity index is 441. The number of nitrogen functional groups attached to an aromatic ring is 1. The number of hydrogen-bond acceptors (Lipinski definition) is 4. The average molecular weight is 209 g/mol. The van der Waals surface area contributed by atoms with Crippen LogP contribution >= 0.6 is 11.5 Å². The third kappa shape index (κ3) is 2.05. The van der Waals surface area contributed by atoms with E-state index in [0.717, 1.165) is 10.6 Å². The average Bonchev–Trinajstić information content (AvgIpc) is 2.51. The lowest BCUT2D eigenvalue weighted by atomic mass is 10.1. The van der Waals surface area contributed by atoms with Crippen LogP contribution in [0.4, 0.5) is 10.3 Å². The summed E-state index contributed by atoms with van der Waals surface area (Å²) in [6.07, 6.45) is 0.576. The highest BCUT2D eigenvalue weighted by Crippen LogP contribution is 2.13. The van der Waals surface area contributed by atoms with Crippen LogP contribution in [0.5, 0.6) is 0 Å².